The molecule has 1 aromatic rings. The molecule has 1 aromatic heterocycles. The zero-order valence-electron chi connectivity index (χ0n) is 8.81. The topological polar surface area (TPSA) is 80.9 Å². The van der Waals surface area contributed by atoms with Crippen molar-refractivity contribution in [3.05, 3.63) is 24.3 Å². The van der Waals surface area contributed by atoms with Gasteiger partial charge in [0.05, 0.1) is 18.3 Å². The van der Waals surface area contributed by atoms with Gasteiger partial charge in [-0.25, -0.2) is 9.97 Å². The van der Waals surface area contributed by atoms with Gasteiger partial charge in [-0.1, -0.05) is 13.3 Å². The molecule has 1 rings (SSSR count). The summed E-state index contributed by atoms with van der Waals surface area (Å²) in [7, 11) is 0. The molecule has 0 saturated heterocycles. The minimum absolute atomic E-state index is 0.129. The van der Waals surface area contributed by atoms with Crippen molar-refractivity contribution in [3.63, 3.8) is 0 Å². The van der Waals surface area contributed by atoms with E-state index in [9.17, 15) is 4.79 Å². The highest BCUT2D eigenvalue weighted by atomic mass is 16.2. The van der Waals surface area contributed by atoms with Crippen molar-refractivity contribution in [3.8, 4) is 0 Å². The second-order valence-electron chi connectivity index (χ2n) is 3.31. The average Bonchev–Trinajstić information content (AvgIpc) is 2.27. The number of aromatic nitrogens is 2. The Morgan fingerprint density at radius 3 is 3.07 bits per heavy atom. The molecule has 0 radical (unpaired) electrons. The van der Waals surface area contributed by atoms with Crippen LogP contribution in [0.15, 0.2) is 18.6 Å². The van der Waals surface area contributed by atoms with Gasteiger partial charge in [0.15, 0.2) is 0 Å². The Bertz CT molecular complexity index is 302. The second kappa shape index (κ2) is 6.08. The Morgan fingerprint density at radius 2 is 2.47 bits per heavy atom. The molecule has 3 N–H and O–H groups in total. The largest absolute Gasteiger partial charge is 0.349 e. The summed E-state index contributed by atoms with van der Waals surface area (Å²) < 4.78 is 0. The van der Waals surface area contributed by atoms with E-state index in [-0.39, 0.29) is 5.91 Å². The van der Waals surface area contributed by atoms with E-state index in [2.05, 4.69) is 15.3 Å². The normalized spacial score (nSPS) is 12.1. The lowest BCUT2D eigenvalue weighted by Crippen LogP contribution is -2.40. The molecule has 0 fully saturated rings. The SMILES string of the molecule is CCCC(N)C(=O)NCc1ccncn1. The number of nitrogens with one attached hydrogen (secondary N) is 1. The molecular weight excluding hydrogens is 192 g/mol. The highest BCUT2D eigenvalue weighted by Crippen LogP contribution is 1.94. The number of carbonyl (C=O) groups is 1. The van der Waals surface area contributed by atoms with Crippen LogP contribution in [0.5, 0.6) is 0 Å². The third-order valence-electron chi connectivity index (χ3n) is 2.02. The molecule has 82 valence electrons. The van der Waals surface area contributed by atoms with Crippen LogP contribution < -0.4 is 11.1 Å². The van der Waals surface area contributed by atoms with Gasteiger partial charge in [-0.3, -0.25) is 4.79 Å². The Morgan fingerprint density at radius 1 is 1.67 bits per heavy atom. The third-order valence-corrected chi connectivity index (χ3v) is 2.02. The number of rotatable bonds is 5. The van der Waals surface area contributed by atoms with Crippen LogP contribution in [0, 0.1) is 0 Å². The lowest BCUT2D eigenvalue weighted by atomic mass is 10.2. The predicted octanol–water partition coefficient (Wildman–Crippen LogP) is 0.220. The van der Waals surface area contributed by atoms with Gasteiger partial charge in [0.2, 0.25) is 5.91 Å². The molecule has 0 spiro atoms. The van der Waals surface area contributed by atoms with Crippen molar-refractivity contribution in [2.75, 3.05) is 0 Å². The number of hydrogen-bond acceptors (Lipinski definition) is 4. The number of carbonyl (C=O) groups excluding carboxylic acids is 1. The van der Waals surface area contributed by atoms with Crippen molar-refractivity contribution in [2.24, 2.45) is 5.73 Å². The number of nitrogens with two attached hydrogens (primary N) is 1. The minimum Gasteiger partial charge on any atom is -0.349 e. The first-order valence-electron chi connectivity index (χ1n) is 5.02. The first kappa shape index (κ1) is 11.6. The highest BCUT2D eigenvalue weighted by Gasteiger charge is 2.11. The maximum atomic E-state index is 11.4. The summed E-state index contributed by atoms with van der Waals surface area (Å²) in [5.41, 5.74) is 6.43. The van der Waals surface area contributed by atoms with Gasteiger partial charge in [-0.15, -0.1) is 0 Å². The maximum absolute atomic E-state index is 11.4. The van der Waals surface area contributed by atoms with E-state index in [1.165, 1.54) is 6.33 Å². The molecule has 5 nitrogen and oxygen atoms in total. The smallest absolute Gasteiger partial charge is 0.237 e. The molecule has 5 heteroatoms. The summed E-state index contributed by atoms with van der Waals surface area (Å²) in [6, 6.07) is 1.34. The molecule has 1 heterocycles. The van der Waals surface area contributed by atoms with Crippen molar-refractivity contribution in [1.29, 1.82) is 0 Å². The Labute approximate surface area is 89.1 Å². The highest BCUT2D eigenvalue weighted by molar-refractivity contribution is 5.81. The zero-order chi connectivity index (χ0) is 11.1. The summed E-state index contributed by atoms with van der Waals surface area (Å²) in [4.78, 5) is 19.2. The monoisotopic (exact) mass is 208 g/mol. The Kier molecular flexibility index (Phi) is 4.70. The maximum Gasteiger partial charge on any atom is 0.237 e. The van der Waals surface area contributed by atoms with Crippen LogP contribution in [-0.2, 0) is 11.3 Å². The molecule has 1 amide bonds. The fourth-order valence-corrected chi connectivity index (χ4v) is 1.17. The summed E-state index contributed by atoms with van der Waals surface area (Å²) in [6.45, 7) is 2.40. The lowest BCUT2D eigenvalue weighted by Gasteiger charge is -2.10. The quantitative estimate of drug-likeness (QED) is 0.725. The number of hydrogen-bond donors (Lipinski definition) is 2. The van der Waals surface area contributed by atoms with Gasteiger partial charge in [0.25, 0.3) is 0 Å². The molecule has 0 aliphatic rings. The number of amides is 1. The van der Waals surface area contributed by atoms with Gasteiger partial charge in [-0.2, -0.15) is 0 Å². The van der Waals surface area contributed by atoms with Gasteiger partial charge in [0, 0.05) is 6.20 Å². The van der Waals surface area contributed by atoms with Crippen LogP contribution in [0.25, 0.3) is 0 Å². The predicted molar refractivity (Wildman–Crippen MR) is 56.8 cm³/mol. The van der Waals surface area contributed by atoms with Crippen molar-refractivity contribution < 1.29 is 4.79 Å². The number of nitrogens with zero attached hydrogens (tertiary/aromatic N) is 2. The molecule has 0 aromatic carbocycles. The molecule has 0 aliphatic heterocycles. The first-order chi connectivity index (χ1) is 7.24. The Balaban J connectivity index is 2.34. The van der Waals surface area contributed by atoms with Gasteiger partial charge in [0.1, 0.15) is 6.33 Å². The van der Waals surface area contributed by atoms with Crippen LogP contribution in [0.3, 0.4) is 0 Å². The first-order valence-corrected chi connectivity index (χ1v) is 5.02. The van der Waals surface area contributed by atoms with Crippen molar-refractivity contribution in [1.82, 2.24) is 15.3 Å². The van der Waals surface area contributed by atoms with Crippen molar-refractivity contribution in [2.45, 2.75) is 32.4 Å². The van der Waals surface area contributed by atoms with Gasteiger partial charge < -0.3 is 11.1 Å². The van der Waals surface area contributed by atoms with E-state index in [1.54, 1.807) is 12.3 Å². The van der Waals surface area contributed by atoms with E-state index in [4.69, 9.17) is 5.73 Å². The van der Waals surface area contributed by atoms with E-state index >= 15 is 0 Å². The van der Waals surface area contributed by atoms with E-state index < -0.39 is 6.04 Å². The lowest BCUT2D eigenvalue weighted by molar-refractivity contribution is -0.122. The zero-order valence-corrected chi connectivity index (χ0v) is 8.81. The molecule has 1 atom stereocenters. The summed E-state index contributed by atoms with van der Waals surface area (Å²) >= 11 is 0. The van der Waals surface area contributed by atoms with Crippen LogP contribution in [-0.4, -0.2) is 21.9 Å². The standard InChI is InChI=1S/C10H16N4O/c1-2-3-9(11)10(15)13-6-8-4-5-12-7-14-8/h4-5,7,9H,2-3,6,11H2,1H3,(H,13,15). The molecular formula is C10H16N4O. The molecule has 15 heavy (non-hydrogen) atoms. The van der Waals surface area contributed by atoms with E-state index in [0.717, 1.165) is 12.1 Å². The molecule has 0 bridgehead atoms. The third kappa shape index (κ3) is 4.03. The summed E-state index contributed by atoms with van der Waals surface area (Å²) in [6.07, 6.45) is 4.70. The summed E-state index contributed by atoms with van der Waals surface area (Å²) in [5, 5.41) is 2.73. The molecule has 0 aliphatic carbocycles. The summed E-state index contributed by atoms with van der Waals surface area (Å²) in [5.74, 6) is -0.129. The van der Waals surface area contributed by atoms with Crippen LogP contribution in [0.4, 0.5) is 0 Å². The minimum atomic E-state index is -0.420. The van der Waals surface area contributed by atoms with Crippen molar-refractivity contribution >= 4 is 5.91 Å². The fourth-order valence-electron chi connectivity index (χ4n) is 1.17. The molecule has 1 unspecified atom stereocenters. The van der Waals surface area contributed by atoms with E-state index in [0.29, 0.717) is 13.0 Å². The van der Waals surface area contributed by atoms with Crippen LogP contribution >= 0.6 is 0 Å². The molecule has 0 saturated carbocycles. The van der Waals surface area contributed by atoms with Gasteiger partial charge >= 0.3 is 0 Å². The Hall–Kier alpha value is -1.49. The van der Waals surface area contributed by atoms with Crippen LogP contribution in [0.1, 0.15) is 25.5 Å². The van der Waals surface area contributed by atoms with E-state index in [1.807, 2.05) is 6.92 Å². The van der Waals surface area contributed by atoms with Gasteiger partial charge in [-0.05, 0) is 12.5 Å². The average molecular weight is 208 g/mol. The second-order valence-corrected chi connectivity index (χ2v) is 3.31. The fraction of sp³-hybridized carbons (Fsp3) is 0.500. The van der Waals surface area contributed by atoms with Crippen LogP contribution in [0.2, 0.25) is 0 Å².